The van der Waals surface area contributed by atoms with Crippen molar-refractivity contribution in [1.29, 1.82) is 0 Å². The van der Waals surface area contributed by atoms with Crippen LogP contribution < -0.4 is 11.3 Å². The van der Waals surface area contributed by atoms with Crippen LogP contribution in [0.1, 0.15) is 37.7 Å². The fourth-order valence-electron chi connectivity index (χ4n) is 2.40. The summed E-state index contributed by atoms with van der Waals surface area (Å²) < 4.78 is 14.8. The maximum atomic E-state index is 13.4. The van der Waals surface area contributed by atoms with Crippen LogP contribution in [0.4, 0.5) is 4.39 Å². The number of fused-ring (bicyclic) bond motifs is 1. The number of nitrogens with zero attached hydrogens (tertiary/aromatic N) is 2. The van der Waals surface area contributed by atoms with Crippen LogP contribution in [-0.4, -0.2) is 15.7 Å². The molecular weight excluding hydrogens is 281 g/mol. The van der Waals surface area contributed by atoms with E-state index in [4.69, 9.17) is 17.3 Å². The van der Waals surface area contributed by atoms with Gasteiger partial charge in [0.1, 0.15) is 12.0 Å². The topological polar surface area (TPSA) is 60.9 Å². The Kier molecular flexibility index (Phi) is 3.26. The number of hydrogen-bond donors (Lipinski definition) is 1. The summed E-state index contributed by atoms with van der Waals surface area (Å²) in [5, 5.41) is 0.668. The predicted octanol–water partition coefficient (Wildman–Crippen LogP) is 2.74. The Bertz CT molecular complexity index is 730. The molecule has 2 N–H and O–H groups in total. The lowest BCUT2D eigenvalue weighted by Gasteiger charge is -2.17. The predicted molar refractivity (Wildman–Crippen MR) is 76.8 cm³/mol. The molecule has 0 aliphatic heterocycles. The van der Waals surface area contributed by atoms with E-state index in [2.05, 4.69) is 4.98 Å². The third kappa shape index (κ3) is 2.01. The lowest BCUT2D eigenvalue weighted by atomic mass is 10.2. The maximum Gasteiger partial charge on any atom is 0.263 e. The summed E-state index contributed by atoms with van der Waals surface area (Å²) in [5.41, 5.74) is 6.23. The van der Waals surface area contributed by atoms with Crippen LogP contribution in [0.25, 0.3) is 10.9 Å². The Hall–Kier alpha value is -1.46. The third-order valence-electron chi connectivity index (χ3n) is 3.69. The molecule has 0 saturated heterocycles. The number of alkyl halides is 1. The number of nitrogens with two attached hydrogens (primary N) is 1. The van der Waals surface area contributed by atoms with Crippen LogP contribution in [0.5, 0.6) is 0 Å². The average Bonchev–Trinajstić information content (AvgIpc) is 3.14. The van der Waals surface area contributed by atoms with Crippen LogP contribution in [0.2, 0.25) is 5.02 Å². The Morgan fingerprint density at radius 2 is 2.30 bits per heavy atom. The molecule has 106 valence electrons. The Balaban J connectivity index is 2.34. The van der Waals surface area contributed by atoms with E-state index in [0.29, 0.717) is 34.6 Å². The van der Waals surface area contributed by atoms with Gasteiger partial charge in [0.25, 0.3) is 5.56 Å². The van der Waals surface area contributed by atoms with Crippen LogP contribution in [0, 0.1) is 0 Å². The zero-order chi connectivity index (χ0) is 14.4. The number of halogens is 2. The quantitative estimate of drug-likeness (QED) is 0.947. The SMILES string of the molecule is CC[C@H](N)c1nc2cccc(Cl)c2c(=O)n1[C@@H]1C[C@@H]1F. The number of benzene rings is 1. The molecule has 1 fully saturated rings. The monoisotopic (exact) mass is 295 g/mol. The summed E-state index contributed by atoms with van der Waals surface area (Å²) in [6.07, 6.45) is -0.0411. The minimum Gasteiger partial charge on any atom is -0.321 e. The summed E-state index contributed by atoms with van der Waals surface area (Å²) in [4.78, 5) is 17.1. The Morgan fingerprint density at radius 1 is 1.60 bits per heavy atom. The van der Waals surface area contributed by atoms with Crippen molar-refractivity contribution in [3.8, 4) is 0 Å². The van der Waals surface area contributed by atoms with Crippen molar-refractivity contribution in [2.45, 2.75) is 38.0 Å². The summed E-state index contributed by atoms with van der Waals surface area (Å²) in [6, 6.07) is 4.25. The molecule has 3 atom stereocenters. The molecule has 0 radical (unpaired) electrons. The van der Waals surface area contributed by atoms with Gasteiger partial charge in [-0.3, -0.25) is 9.36 Å². The molecule has 0 spiro atoms. The molecule has 0 amide bonds. The highest BCUT2D eigenvalue weighted by Gasteiger charge is 2.42. The van der Waals surface area contributed by atoms with Gasteiger partial charge < -0.3 is 5.73 Å². The van der Waals surface area contributed by atoms with Crippen LogP contribution in [0.15, 0.2) is 23.0 Å². The van der Waals surface area contributed by atoms with E-state index in [-0.39, 0.29) is 11.6 Å². The van der Waals surface area contributed by atoms with Crippen molar-refractivity contribution in [3.05, 3.63) is 39.4 Å². The number of rotatable bonds is 3. The smallest absolute Gasteiger partial charge is 0.263 e. The highest BCUT2D eigenvalue weighted by atomic mass is 35.5. The van der Waals surface area contributed by atoms with Crippen LogP contribution >= 0.6 is 11.6 Å². The summed E-state index contributed by atoms with van der Waals surface area (Å²) >= 11 is 6.08. The van der Waals surface area contributed by atoms with Gasteiger partial charge in [-0.15, -0.1) is 0 Å². The van der Waals surface area contributed by atoms with E-state index in [0.717, 1.165) is 0 Å². The lowest BCUT2D eigenvalue weighted by molar-refractivity contribution is 0.426. The van der Waals surface area contributed by atoms with Gasteiger partial charge in [0.15, 0.2) is 0 Å². The molecule has 2 aromatic rings. The van der Waals surface area contributed by atoms with E-state index >= 15 is 0 Å². The first-order valence-electron chi connectivity index (χ1n) is 6.65. The normalized spacial score (nSPS) is 23.0. The van der Waals surface area contributed by atoms with Gasteiger partial charge in [0.05, 0.1) is 28.0 Å². The molecule has 0 unspecified atom stereocenters. The zero-order valence-corrected chi connectivity index (χ0v) is 11.8. The van der Waals surface area contributed by atoms with E-state index < -0.39 is 12.2 Å². The summed E-state index contributed by atoms with van der Waals surface area (Å²) in [6.45, 7) is 1.91. The van der Waals surface area contributed by atoms with Crippen molar-refractivity contribution >= 4 is 22.5 Å². The van der Waals surface area contributed by atoms with Crippen molar-refractivity contribution < 1.29 is 4.39 Å². The zero-order valence-electron chi connectivity index (χ0n) is 11.0. The average molecular weight is 296 g/mol. The first kappa shape index (κ1) is 13.5. The number of aromatic nitrogens is 2. The maximum absolute atomic E-state index is 13.4. The minimum absolute atomic E-state index is 0.301. The molecular formula is C14H15ClFN3O. The van der Waals surface area contributed by atoms with E-state index in [1.54, 1.807) is 18.2 Å². The fourth-order valence-corrected chi connectivity index (χ4v) is 2.65. The van der Waals surface area contributed by atoms with Crippen molar-refractivity contribution in [2.24, 2.45) is 5.73 Å². The fraction of sp³-hybridized carbons (Fsp3) is 0.429. The largest absolute Gasteiger partial charge is 0.321 e. The second kappa shape index (κ2) is 4.82. The lowest BCUT2D eigenvalue weighted by Crippen LogP contribution is -2.29. The van der Waals surface area contributed by atoms with E-state index in [9.17, 15) is 9.18 Å². The van der Waals surface area contributed by atoms with Gasteiger partial charge in [0, 0.05) is 6.42 Å². The summed E-state index contributed by atoms with van der Waals surface area (Å²) in [5.74, 6) is 0.442. The Labute approximate surface area is 120 Å². The van der Waals surface area contributed by atoms with Gasteiger partial charge >= 0.3 is 0 Å². The molecule has 6 heteroatoms. The molecule has 4 nitrogen and oxygen atoms in total. The molecule has 1 aliphatic carbocycles. The second-order valence-electron chi connectivity index (χ2n) is 5.11. The van der Waals surface area contributed by atoms with Crippen molar-refractivity contribution in [1.82, 2.24) is 9.55 Å². The molecule has 20 heavy (non-hydrogen) atoms. The van der Waals surface area contributed by atoms with E-state index in [1.165, 1.54) is 4.57 Å². The van der Waals surface area contributed by atoms with Crippen molar-refractivity contribution in [3.63, 3.8) is 0 Å². The van der Waals surface area contributed by atoms with E-state index in [1.807, 2.05) is 6.92 Å². The molecule has 1 aromatic carbocycles. The molecule has 1 saturated carbocycles. The van der Waals surface area contributed by atoms with Gasteiger partial charge in [-0.2, -0.15) is 0 Å². The van der Waals surface area contributed by atoms with Gasteiger partial charge in [-0.05, 0) is 18.6 Å². The highest BCUT2D eigenvalue weighted by molar-refractivity contribution is 6.35. The van der Waals surface area contributed by atoms with Gasteiger partial charge in [0.2, 0.25) is 0 Å². The van der Waals surface area contributed by atoms with Crippen LogP contribution in [-0.2, 0) is 0 Å². The molecule has 3 rings (SSSR count). The standard InChI is InChI=1S/C14H15ClFN3O/c1-2-9(17)13-18-10-5-3-4-7(15)12(10)14(20)19(13)11-6-8(11)16/h3-5,8-9,11H,2,6,17H2,1H3/t8-,9-,11+/m0/s1. The summed E-state index contributed by atoms with van der Waals surface area (Å²) in [7, 11) is 0. The third-order valence-corrected chi connectivity index (χ3v) is 4.01. The minimum atomic E-state index is -1.00. The first-order chi connectivity index (χ1) is 9.54. The molecule has 1 heterocycles. The number of hydrogen-bond acceptors (Lipinski definition) is 3. The Morgan fingerprint density at radius 3 is 2.90 bits per heavy atom. The van der Waals surface area contributed by atoms with Gasteiger partial charge in [-0.25, -0.2) is 9.37 Å². The van der Waals surface area contributed by atoms with Crippen LogP contribution in [0.3, 0.4) is 0 Å². The molecule has 0 bridgehead atoms. The molecule has 1 aliphatic rings. The van der Waals surface area contributed by atoms with Gasteiger partial charge in [-0.1, -0.05) is 24.6 Å². The molecule has 1 aromatic heterocycles. The van der Waals surface area contributed by atoms with Crippen molar-refractivity contribution in [2.75, 3.05) is 0 Å². The second-order valence-corrected chi connectivity index (χ2v) is 5.52. The first-order valence-corrected chi connectivity index (χ1v) is 7.02. The highest BCUT2D eigenvalue weighted by Crippen LogP contribution is 2.39.